The van der Waals surface area contributed by atoms with Gasteiger partial charge in [0.25, 0.3) is 5.91 Å². The van der Waals surface area contributed by atoms with Crippen LogP contribution < -0.4 is 15.8 Å². The number of carbonyl (C=O) groups excluding carboxylic acids is 1. The van der Waals surface area contributed by atoms with Gasteiger partial charge in [-0.2, -0.15) is 8.78 Å². The van der Waals surface area contributed by atoms with Crippen LogP contribution in [0.3, 0.4) is 0 Å². The molecule has 1 amide bonds. The van der Waals surface area contributed by atoms with Crippen molar-refractivity contribution in [3.8, 4) is 5.75 Å². The van der Waals surface area contributed by atoms with Crippen molar-refractivity contribution >= 4 is 28.9 Å². The van der Waals surface area contributed by atoms with E-state index in [4.69, 9.17) is 17.3 Å². The molecule has 0 radical (unpaired) electrons. The Bertz CT molecular complexity index is 665. The van der Waals surface area contributed by atoms with Gasteiger partial charge in [-0.25, -0.2) is 0 Å². The Morgan fingerprint density at radius 3 is 2.57 bits per heavy atom. The fraction of sp³-hybridized carbons (Fsp3) is 0.0714. The minimum atomic E-state index is -2.97. The zero-order valence-corrected chi connectivity index (χ0v) is 11.4. The van der Waals surface area contributed by atoms with Gasteiger partial charge in [-0.15, -0.1) is 0 Å². The van der Waals surface area contributed by atoms with E-state index >= 15 is 0 Å². The van der Waals surface area contributed by atoms with Crippen LogP contribution in [0.25, 0.3) is 0 Å². The van der Waals surface area contributed by atoms with Crippen LogP contribution in [0.5, 0.6) is 5.75 Å². The van der Waals surface area contributed by atoms with Crippen molar-refractivity contribution in [2.75, 3.05) is 11.1 Å². The minimum absolute atomic E-state index is 0.0332. The second-order valence-electron chi connectivity index (χ2n) is 4.07. The monoisotopic (exact) mass is 312 g/mol. The number of anilines is 2. The van der Waals surface area contributed by atoms with Crippen molar-refractivity contribution < 1.29 is 18.3 Å². The predicted molar refractivity (Wildman–Crippen MR) is 76.9 cm³/mol. The second-order valence-corrected chi connectivity index (χ2v) is 4.47. The molecule has 0 aliphatic carbocycles. The molecule has 0 bridgehead atoms. The van der Waals surface area contributed by atoms with Crippen LogP contribution in [0.2, 0.25) is 5.02 Å². The number of halogens is 3. The summed E-state index contributed by atoms with van der Waals surface area (Å²) in [7, 11) is 0. The van der Waals surface area contributed by atoms with Crippen molar-refractivity contribution in [3.63, 3.8) is 0 Å². The lowest BCUT2D eigenvalue weighted by atomic mass is 10.1. The van der Waals surface area contributed by atoms with Crippen LogP contribution in [0.15, 0.2) is 42.5 Å². The van der Waals surface area contributed by atoms with Crippen LogP contribution in [-0.2, 0) is 0 Å². The molecule has 7 heteroatoms. The van der Waals surface area contributed by atoms with Crippen LogP contribution in [0.4, 0.5) is 20.2 Å². The molecule has 0 aliphatic rings. The van der Waals surface area contributed by atoms with Gasteiger partial charge >= 0.3 is 6.61 Å². The molecule has 0 aromatic heterocycles. The largest absolute Gasteiger partial charge is 0.433 e. The molecule has 0 saturated carbocycles. The number of nitrogens with two attached hydrogens (primary N) is 1. The molecular weight excluding hydrogens is 302 g/mol. The van der Waals surface area contributed by atoms with E-state index in [0.717, 1.165) is 0 Å². The van der Waals surface area contributed by atoms with Crippen molar-refractivity contribution in [3.05, 3.63) is 53.1 Å². The predicted octanol–water partition coefficient (Wildman–Crippen LogP) is 3.78. The molecule has 0 fully saturated rings. The number of rotatable bonds is 4. The summed E-state index contributed by atoms with van der Waals surface area (Å²) < 4.78 is 28.4. The number of benzene rings is 2. The standard InChI is InChI=1S/C14H11ClF2N2O2/c15-10-7-8(5-6-12(10)21-14(16)17)19-13(20)9-3-1-2-4-11(9)18/h1-7,14H,18H2,(H,19,20). The molecule has 0 heterocycles. The molecule has 0 atom stereocenters. The molecule has 2 rings (SSSR count). The van der Waals surface area contributed by atoms with E-state index in [1.54, 1.807) is 24.3 Å². The third-order valence-corrected chi connectivity index (χ3v) is 2.91. The molecule has 3 N–H and O–H groups in total. The Kier molecular flexibility index (Phi) is 4.59. The third kappa shape index (κ3) is 3.82. The molecule has 2 aromatic carbocycles. The van der Waals surface area contributed by atoms with Gasteiger partial charge in [-0.1, -0.05) is 23.7 Å². The summed E-state index contributed by atoms with van der Waals surface area (Å²) in [6, 6.07) is 10.5. The molecule has 0 saturated heterocycles. The van der Waals surface area contributed by atoms with E-state index in [2.05, 4.69) is 10.1 Å². The SMILES string of the molecule is Nc1ccccc1C(=O)Nc1ccc(OC(F)F)c(Cl)c1. The lowest BCUT2D eigenvalue weighted by Gasteiger charge is -2.10. The Hall–Kier alpha value is -2.34. The number of amides is 1. The molecule has 0 aliphatic heterocycles. The van der Waals surface area contributed by atoms with E-state index in [-0.39, 0.29) is 10.8 Å². The molecule has 0 spiro atoms. The highest BCUT2D eigenvalue weighted by Gasteiger charge is 2.12. The average molecular weight is 313 g/mol. The fourth-order valence-corrected chi connectivity index (χ4v) is 1.90. The van der Waals surface area contributed by atoms with E-state index in [0.29, 0.717) is 16.9 Å². The number of para-hydroxylation sites is 1. The Balaban J connectivity index is 2.15. The quantitative estimate of drug-likeness (QED) is 0.845. The Morgan fingerprint density at radius 1 is 1.24 bits per heavy atom. The van der Waals surface area contributed by atoms with Gasteiger partial charge in [-0.3, -0.25) is 4.79 Å². The molecule has 2 aromatic rings. The maximum Gasteiger partial charge on any atom is 0.387 e. The summed E-state index contributed by atoms with van der Waals surface area (Å²) in [5, 5.41) is 2.54. The van der Waals surface area contributed by atoms with Crippen molar-refractivity contribution in [2.24, 2.45) is 0 Å². The van der Waals surface area contributed by atoms with E-state index in [1.165, 1.54) is 18.2 Å². The van der Waals surface area contributed by atoms with Crippen molar-refractivity contribution in [1.29, 1.82) is 0 Å². The number of carbonyl (C=O) groups is 1. The van der Waals surface area contributed by atoms with Gasteiger partial charge in [-0.05, 0) is 30.3 Å². The molecule has 21 heavy (non-hydrogen) atoms. The van der Waals surface area contributed by atoms with Crippen LogP contribution >= 0.6 is 11.6 Å². The summed E-state index contributed by atoms with van der Waals surface area (Å²) in [6.07, 6.45) is 0. The first-order valence-electron chi connectivity index (χ1n) is 5.87. The number of alkyl halides is 2. The molecule has 110 valence electrons. The number of nitrogens with one attached hydrogen (secondary N) is 1. The number of hydrogen-bond acceptors (Lipinski definition) is 3. The van der Waals surface area contributed by atoms with Gasteiger partial charge in [0, 0.05) is 11.4 Å². The number of ether oxygens (including phenoxy) is 1. The van der Waals surface area contributed by atoms with Crippen molar-refractivity contribution in [2.45, 2.75) is 6.61 Å². The summed E-state index contributed by atoms with van der Waals surface area (Å²) in [4.78, 5) is 12.0. The van der Waals surface area contributed by atoms with Crippen LogP contribution in [0, 0.1) is 0 Å². The first kappa shape index (κ1) is 15.1. The van der Waals surface area contributed by atoms with Gasteiger partial charge in [0.15, 0.2) is 0 Å². The van der Waals surface area contributed by atoms with Crippen LogP contribution in [-0.4, -0.2) is 12.5 Å². The first-order chi connectivity index (χ1) is 9.97. The zero-order chi connectivity index (χ0) is 15.4. The fourth-order valence-electron chi connectivity index (χ4n) is 1.67. The summed E-state index contributed by atoms with van der Waals surface area (Å²) in [5.41, 5.74) is 6.68. The van der Waals surface area contributed by atoms with Crippen molar-refractivity contribution in [1.82, 2.24) is 0 Å². The van der Waals surface area contributed by atoms with E-state index < -0.39 is 12.5 Å². The summed E-state index contributed by atoms with van der Waals surface area (Å²) in [6.45, 7) is -2.97. The topological polar surface area (TPSA) is 64.4 Å². The maximum absolute atomic E-state index is 12.1. The minimum Gasteiger partial charge on any atom is -0.433 e. The molecule has 4 nitrogen and oxygen atoms in total. The van der Waals surface area contributed by atoms with Gasteiger partial charge < -0.3 is 15.8 Å². The van der Waals surface area contributed by atoms with Gasteiger partial charge in [0.1, 0.15) is 5.75 Å². The number of nitrogen functional groups attached to an aromatic ring is 1. The highest BCUT2D eigenvalue weighted by atomic mass is 35.5. The van der Waals surface area contributed by atoms with Gasteiger partial charge in [0.2, 0.25) is 0 Å². The number of hydrogen-bond donors (Lipinski definition) is 2. The van der Waals surface area contributed by atoms with E-state index in [9.17, 15) is 13.6 Å². The molecular formula is C14H11ClF2N2O2. The van der Waals surface area contributed by atoms with Crippen LogP contribution in [0.1, 0.15) is 10.4 Å². The highest BCUT2D eigenvalue weighted by molar-refractivity contribution is 6.32. The second kappa shape index (κ2) is 6.41. The highest BCUT2D eigenvalue weighted by Crippen LogP contribution is 2.29. The third-order valence-electron chi connectivity index (χ3n) is 2.61. The zero-order valence-electron chi connectivity index (χ0n) is 10.6. The Morgan fingerprint density at radius 2 is 1.95 bits per heavy atom. The van der Waals surface area contributed by atoms with E-state index in [1.807, 2.05) is 0 Å². The molecule has 0 unspecified atom stereocenters. The smallest absolute Gasteiger partial charge is 0.387 e. The first-order valence-corrected chi connectivity index (χ1v) is 6.25. The Labute approximate surface area is 124 Å². The normalized spacial score (nSPS) is 10.5. The maximum atomic E-state index is 12.1. The lowest BCUT2D eigenvalue weighted by molar-refractivity contribution is -0.0497. The summed E-state index contributed by atoms with van der Waals surface area (Å²) in [5.74, 6) is -0.587. The lowest BCUT2D eigenvalue weighted by Crippen LogP contribution is -2.14. The van der Waals surface area contributed by atoms with Gasteiger partial charge in [0.05, 0.1) is 10.6 Å². The average Bonchev–Trinajstić information content (AvgIpc) is 2.42. The summed E-state index contributed by atoms with van der Waals surface area (Å²) >= 11 is 5.80.